The first kappa shape index (κ1) is 16.0. The number of hydrogen-bond acceptors (Lipinski definition) is 2. The van der Waals surface area contributed by atoms with Crippen LogP contribution in [-0.4, -0.2) is 10.5 Å². The molecule has 1 saturated carbocycles. The molecule has 4 heteroatoms. The molecule has 0 spiro atoms. The molecule has 1 aromatic carbocycles. The first-order valence-electron chi connectivity index (χ1n) is 8.23. The number of aromatic nitrogens is 1. The van der Waals surface area contributed by atoms with E-state index >= 15 is 0 Å². The maximum atomic E-state index is 12.5. The summed E-state index contributed by atoms with van der Waals surface area (Å²) in [5.41, 5.74) is 3.55. The third-order valence-electron chi connectivity index (χ3n) is 4.71. The zero-order chi connectivity index (χ0) is 16.4. The molecular formula is C19H22N2OS. The van der Waals surface area contributed by atoms with E-state index in [1.807, 2.05) is 4.57 Å². The Morgan fingerprint density at radius 3 is 2.70 bits per heavy atom. The molecule has 3 nitrogen and oxygen atoms in total. The molecule has 0 bridgehead atoms. The summed E-state index contributed by atoms with van der Waals surface area (Å²) in [6.07, 6.45) is 11.0. The minimum absolute atomic E-state index is 0.0236. The number of nitrogens with zero attached hydrogens (tertiary/aromatic N) is 2. The average Bonchev–Trinajstić information content (AvgIpc) is 2.86. The van der Waals surface area contributed by atoms with Crippen molar-refractivity contribution in [1.29, 1.82) is 0 Å². The zero-order valence-electron chi connectivity index (χ0n) is 13.8. The van der Waals surface area contributed by atoms with E-state index in [2.05, 4.69) is 36.9 Å². The highest BCUT2D eigenvalue weighted by Gasteiger charge is 2.21. The van der Waals surface area contributed by atoms with Gasteiger partial charge in [-0.25, -0.2) is 0 Å². The molecule has 23 heavy (non-hydrogen) atoms. The fraction of sp³-hybridized carbons (Fsp3) is 0.474. The normalized spacial score (nSPS) is 16.7. The lowest BCUT2D eigenvalue weighted by Gasteiger charge is -2.17. The lowest BCUT2D eigenvalue weighted by Crippen LogP contribution is -2.21. The monoisotopic (exact) mass is 326 g/mol. The smallest absolute Gasteiger partial charge is 0.251 e. The molecule has 1 amide bonds. The molecular weight excluding hydrogens is 304 g/mol. The van der Waals surface area contributed by atoms with Crippen molar-refractivity contribution < 1.29 is 4.79 Å². The largest absolute Gasteiger partial charge is 0.305 e. The number of rotatable bonds is 2. The number of benzene rings is 1. The average molecular weight is 326 g/mol. The fourth-order valence-corrected chi connectivity index (χ4v) is 4.30. The Morgan fingerprint density at radius 1 is 1.30 bits per heavy atom. The highest BCUT2D eigenvalue weighted by molar-refractivity contribution is 7.16. The summed E-state index contributed by atoms with van der Waals surface area (Å²) in [6, 6.07) is 4.30. The molecule has 0 saturated heterocycles. The Kier molecular flexibility index (Phi) is 4.68. The second-order valence-corrected chi connectivity index (χ2v) is 7.37. The summed E-state index contributed by atoms with van der Waals surface area (Å²) in [5.74, 6) is 2.81. The molecule has 2 aromatic rings. The standard InChI is InChI=1S/C19H22N2OS/c1-4-10-21-16-11-13(2)14(3)12-17(16)23-19(21)20-18(22)15-8-6-5-7-9-15/h1,11-12,15H,5-10H2,2-3H3. The van der Waals surface area contributed by atoms with Crippen LogP contribution in [0.3, 0.4) is 0 Å². The van der Waals surface area contributed by atoms with Gasteiger partial charge in [-0.1, -0.05) is 36.5 Å². The minimum atomic E-state index is 0.0236. The molecule has 0 N–H and O–H groups in total. The van der Waals surface area contributed by atoms with Gasteiger partial charge in [-0.15, -0.1) is 6.42 Å². The number of hydrogen-bond donors (Lipinski definition) is 0. The third kappa shape index (κ3) is 3.25. The van der Waals surface area contributed by atoms with Crippen LogP contribution in [0.25, 0.3) is 10.2 Å². The molecule has 1 aliphatic rings. The highest BCUT2D eigenvalue weighted by Crippen LogP contribution is 2.25. The van der Waals surface area contributed by atoms with E-state index in [-0.39, 0.29) is 11.8 Å². The zero-order valence-corrected chi connectivity index (χ0v) is 14.6. The summed E-state index contributed by atoms with van der Waals surface area (Å²) in [6.45, 7) is 4.64. The molecule has 3 rings (SSSR count). The van der Waals surface area contributed by atoms with Gasteiger partial charge in [0, 0.05) is 5.92 Å². The first-order valence-corrected chi connectivity index (χ1v) is 9.04. The third-order valence-corrected chi connectivity index (χ3v) is 5.75. The van der Waals surface area contributed by atoms with Crippen LogP contribution in [0.4, 0.5) is 0 Å². The summed E-state index contributed by atoms with van der Waals surface area (Å²) in [7, 11) is 0. The molecule has 0 atom stereocenters. The van der Waals surface area contributed by atoms with E-state index < -0.39 is 0 Å². The fourth-order valence-electron chi connectivity index (χ4n) is 3.19. The van der Waals surface area contributed by atoms with Crippen molar-refractivity contribution in [2.24, 2.45) is 10.9 Å². The summed E-state index contributed by atoms with van der Waals surface area (Å²) in [4.78, 5) is 17.7. The predicted molar refractivity (Wildman–Crippen MR) is 95.3 cm³/mol. The van der Waals surface area contributed by atoms with Gasteiger partial charge in [0.2, 0.25) is 0 Å². The number of carbonyl (C=O) groups excluding carboxylic acids is 1. The van der Waals surface area contributed by atoms with Crippen LogP contribution in [0.5, 0.6) is 0 Å². The van der Waals surface area contributed by atoms with Gasteiger partial charge >= 0.3 is 0 Å². The second kappa shape index (κ2) is 6.72. The number of aryl methyl sites for hydroxylation is 2. The van der Waals surface area contributed by atoms with E-state index in [0.29, 0.717) is 6.54 Å². The Bertz CT molecular complexity index is 845. The molecule has 1 aromatic heterocycles. The topological polar surface area (TPSA) is 34.4 Å². The number of fused-ring (bicyclic) bond motifs is 1. The number of terminal acetylenes is 1. The quantitative estimate of drug-likeness (QED) is 0.769. The number of amides is 1. The maximum absolute atomic E-state index is 12.5. The molecule has 1 heterocycles. The van der Waals surface area contributed by atoms with Crippen molar-refractivity contribution in [3.63, 3.8) is 0 Å². The van der Waals surface area contributed by atoms with Crippen LogP contribution in [0.1, 0.15) is 43.2 Å². The van der Waals surface area contributed by atoms with Crippen molar-refractivity contribution >= 4 is 27.5 Å². The molecule has 0 aliphatic heterocycles. The van der Waals surface area contributed by atoms with Gasteiger partial charge in [0.15, 0.2) is 4.80 Å². The highest BCUT2D eigenvalue weighted by atomic mass is 32.1. The molecule has 1 fully saturated rings. The Balaban J connectivity index is 2.08. The summed E-state index contributed by atoms with van der Waals surface area (Å²) >= 11 is 1.56. The van der Waals surface area contributed by atoms with Crippen molar-refractivity contribution in [2.45, 2.75) is 52.5 Å². The van der Waals surface area contributed by atoms with Crippen molar-refractivity contribution in [3.8, 4) is 12.3 Å². The van der Waals surface area contributed by atoms with Crippen molar-refractivity contribution in [3.05, 3.63) is 28.1 Å². The molecule has 0 unspecified atom stereocenters. The first-order chi connectivity index (χ1) is 11.1. The van der Waals surface area contributed by atoms with Gasteiger partial charge in [0.25, 0.3) is 5.91 Å². The number of thiazole rings is 1. The lowest BCUT2D eigenvalue weighted by molar-refractivity contribution is -0.122. The van der Waals surface area contributed by atoms with Crippen LogP contribution in [0.15, 0.2) is 17.1 Å². The van der Waals surface area contributed by atoms with Crippen LogP contribution < -0.4 is 4.80 Å². The molecule has 120 valence electrons. The van der Waals surface area contributed by atoms with E-state index in [1.165, 1.54) is 17.5 Å². The van der Waals surface area contributed by atoms with Gasteiger partial charge in [-0.3, -0.25) is 4.79 Å². The minimum Gasteiger partial charge on any atom is -0.305 e. The summed E-state index contributed by atoms with van der Waals surface area (Å²) in [5, 5.41) is 0. The summed E-state index contributed by atoms with van der Waals surface area (Å²) < 4.78 is 3.13. The Labute approximate surface area is 141 Å². The van der Waals surface area contributed by atoms with E-state index in [4.69, 9.17) is 6.42 Å². The van der Waals surface area contributed by atoms with Crippen LogP contribution in [0, 0.1) is 32.1 Å². The Morgan fingerprint density at radius 2 is 2.00 bits per heavy atom. The maximum Gasteiger partial charge on any atom is 0.251 e. The van der Waals surface area contributed by atoms with Gasteiger partial charge in [-0.05, 0) is 49.9 Å². The van der Waals surface area contributed by atoms with E-state index in [9.17, 15) is 4.79 Å². The van der Waals surface area contributed by atoms with Crippen LogP contribution in [0.2, 0.25) is 0 Å². The SMILES string of the molecule is C#CCn1c(=NC(=O)C2CCCCC2)sc2cc(C)c(C)cc21. The Hall–Kier alpha value is -1.86. The predicted octanol–water partition coefficient (Wildman–Crippen LogP) is 3.96. The van der Waals surface area contributed by atoms with Crippen molar-refractivity contribution in [2.75, 3.05) is 0 Å². The number of carbonyl (C=O) groups is 1. The van der Waals surface area contributed by atoms with Gasteiger partial charge < -0.3 is 4.57 Å². The lowest BCUT2D eigenvalue weighted by atomic mass is 9.89. The van der Waals surface area contributed by atoms with Gasteiger partial charge in [0.1, 0.15) is 0 Å². The van der Waals surface area contributed by atoms with E-state index in [1.54, 1.807) is 11.3 Å². The molecule has 1 aliphatic carbocycles. The van der Waals surface area contributed by atoms with Crippen molar-refractivity contribution in [1.82, 2.24) is 4.57 Å². The second-order valence-electron chi connectivity index (χ2n) is 6.36. The van der Waals surface area contributed by atoms with Crippen LogP contribution >= 0.6 is 11.3 Å². The van der Waals surface area contributed by atoms with Gasteiger partial charge in [0.05, 0.1) is 16.8 Å². The molecule has 0 radical (unpaired) electrons. The van der Waals surface area contributed by atoms with Crippen LogP contribution in [-0.2, 0) is 11.3 Å². The van der Waals surface area contributed by atoms with E-state index in [0.717, 1.165) is 40.7 Å². The van der Waals surface area contributed by atoms with Gasteiger partial charge in [-0.2, -0.15) is 4.99 Å².